The Balaban J connectivity index is 1.91. The molecular weight excluding hydrogens is 433 g/mol. The van der Waals surface area contributed by atoms with Crippen molar-refractivity contribution in [1.29, 1.82) is 0 Å². The molecule has 12 heteroatoms. The Hall–Kier alpha value is -1.79. The fraction of sp³-hybridized carbons (Fsp3) is 0.529. The van der Waals surface area contributed by atoms with E-state index < -0.39 is 26.7 Å². The van der Waals surface area contributed by atoms with Crippen molar-refractivity contribution < 1.29 is 35.9 Å². The minimum absolute atomic E-state index is 0.000375. The summed E-state index contributed by atoms with van der Waals surface area (Å²) in [5, 5.41) is 0. The van der Waals surface area contributed by atoms with Crippen molar-refractivity contribution in [3.8, 4) is 0 Å². The lowest BCUT2D eigenvalue weighted by atomic mass is 10.2. The number of esters is 1. The van der Waals surface area contributed by atoms with Crippen LogP contribution < -0.4 is 0 Å². The third kappa shape index (κ3) is 6.34. The van der Waals surface area contributed by atoms with Crippen LogP contribution in [-0.4, -0.2) is 74.3 Å². The van der Waals surface area contributed by atoms with Crippen molar-refractivity contribution in [2.75, 3.05) is 44.8 Å². The number of alkyl halides is 3. The van der Waals surface area contributed by atoms with Gasteiger partial charge in [0.1, 0.15) is 0 Å². The Bertz CT molecular complexity index is 838. The van der Waals surface area contributed by atoms with Gasteiger partial charge in [0.25, 0.3) is 0 Å². The molecule has 1 aromatic carbocycles. The molecule has 0 saturated carbocycles. The van der Waals surface area contributed by atoms with Gasteiger partial charge in [0.05, 0.1) is 23.3 Å². The van der Waals surface area contributed by atoms with Gasteiger partial charge in [0.2, 0.25) is 15.9 Å². The van der Waals surface area contributed by atoms with E-state index in [0.717, 1.165) is 22.5 Å². The van der Waals surface area contributed by atoms with E-state index in [0.29, 0.717) is 11.8 Å². The first kappa shape index (κ1) is 23.5. The smallest absolute Gasteiger partial charge is 0.416 e. The van der Waals surface area contributed by atoms with Gasteiger partial charge in [-0.15, -0.1) is 11.8 Å². The number of benzene rings is 1. The van der Waals surface area contributed by atoms with E-state index >= 15 is 0 Å². The largest absolute Gasteiger partial charge is 0.468 e. The number of methoxy groups -OCH3 is 1. The fourth-order valence-corrected chi connectivity index (χ4v) is 4.91. The topological polar surface area (TPSA) is 84.0 Å². The van der Waals surface area contributed by atoms with Gasteiger partial charge in [-0.25, -0.2) is 8.42 Å². The number of nitrogens with zero attached hydrogens (tertiary/aromatic N) is 2. The highest BCUT2D eigenvalue weighted by Gasteiger charge is 2.34. The predicted octanol–water partition coefficient (Wildman–Crippen LogP) is 1.83. The maximum absolute atomic E-state index is 12.9. The molecule has 2 rings (SSSR count). The molecule has 1 heterocycles. The monoisotopic (exact) mass is 454 g/mol. The predicted molar refractivity (Wildman–Crippen MR) is 101 cm³/mol. The standard InChI is InChI=1S/C17H21F3N2O5S2/c1-27-16(24)12-28-10-5-15(23)21-6-8-22(9-7-21)29(25,26)14-4-2-3-13(11-14)17(18,19)20/h2-4,11H,5-10,12H2,1H3. The second-order valence-corrected chi connectivity index (χ2v) is 9.23. The second kappa shape index (κ2) is 9.81. The van der Waals surface area contributed by atoms with Crippen molar-refractivity contribution in [3.63, 3.8) is 0 Å². The van der Waals surface area contributed by atoms with Crippen molar-refractivity contribution >= 4 is 33.7 Å². The molecule has 7 nitrogen and oxygen atoms in total. The quantitative estimate of drug-likeness (QED) is 0.462. The molecule has 0 N–H and O–H groups in total. The van der Waals surface area contributed by atoms with Crippen LogP contribution in [0.15, 0.2) is 29.2 Å². The summed E-state index contributed by atoms with van der Waals surface area (Å²) >= 11 is 1.26. The van der Waals surface area contributed by atoms with Gasteiger partial charge in [0, 0.05) is 38.4 Å². The van der Waals surface area contributed by atoms with E-state index in [1.165, 1.54) is 23.8 Å². The van der Waals surface area contributed by atoms with Gasteiger partial charge >= 0.3 is 12.1 Å². The number of ether oxygens (including phenoxy) is 1. The molecule has 1 amide bonds. The highest BCUT2D eigenvalue weighted by Crippen LogP contribution is 2.31. The van der Waals surface area contributed by atoms with E-state index in [4.69, 9.17) is 0 Å². The van der Waals surface area contributed by atoms with Gasteiger partial charge in [-0.3, -0.25) is 9.59 Å². The lowest BCUT2D eigenvalue weighted by Crippen LogP contribution is -2.50. The number of amides is 1. The zero-order valence-corrected chi connectivity index (χ0v) is 17.3. The molecule has 1 aromatic rings. The van der Waals surface area contributed by atoms with E-state index in [9.17, 15) is 31.2 Å². The lowest BCUT2D eigenvalue weighted by molar-refractivity contribution is -0.138. The first-order chi connectivity index (χ1) is 13.6. The average molecular weight is 454 g/mol. The maximum Gasteiger partial charge on any atom is 0.416 e. The second-order valence-electron chi connectivity index (χ2n) is 6.19. The molecule has 0 bridgehead atoms. The lowest BCUT2D eigenvalue weighted by Gasteiger charge is -2.34. The van der Waals surface area contributed by atoms with Gasteiger partial charge in [0.15, 0.2) is 0 Å². The molecule has 0 spiro atoms. The molecule has 29 heavy (non-hydrogen) atoms. The number of rotatable bonds is 7. The van der Waals surface area contributed by atoms with Crippen molar-refractivity contribution in [2.24, 2.45) is 0 Å². The summed E-state index contributed by atoms with van der Waals surface area (Å²) in [5.41, 5.74) is -1.03. The number of carbonyl (C=O) groups excluding carboxylic acids is 2. The fourth-order valence-electron chi connectivity index (χ4n) is 2.69. The Morgan fingerprint density at radius 1 is 1.17 bits per heavy atom. The highest BCUT2D eigenvalue weighted by molar-refractivity contribution is 7.99. The molecule has 1 saturated heterocycles. The molecule has 162 valence electrons. The molecular formula is C17H21F3N2O5S2. The van der Waals surface area contributed by atoms with Crippen LogP contribution in [-0.2, 0) is 30.5 Å². The Kier molecular flexibility index (Phi) is 7.94. The van der Waals surface area contributed by atoms with E-state index in [1.807, 2.05) is 0 Å². The van der Waals surface area contributed by atoms with Gasteiger partial charge < -0.3 is 9.64 Å². The average Bonchev–Trinajstić information content (AvgIpc) is 2.70. The molecule has 0 radical (unpaired) electrons. The van der Waals surface area contributed by atoms with Crippen LogP contribution in [0.5, 0.6) is 0 Å². The minimum atomic E-state index is -4.64. The van der Waals surface area contributed by atoms with Crippen LogP contribution in [0.3, 0.4) is 0 Å². The number of halogens is 3. The number of hydrogen-bond donors (Lipinski definition) is 0. The van der Waals surface area contributed by atoms with Crippen LogP contribution in [0.25, 0.3) is 0 Å². The summed E-state index contributed by atoms with van der Waals surface area (Å²) in [6.07, 6.45) is -4.44. The van der Waals surface area contributed by atoms with E-state index in [2.05, 4.69) is 4.74 Å². The summed E-state index contributed by atoms with van der Waals surface area (Å²) in [6.45, 7) is 0.302. The zero-order chi connectivity index (χ0) is 21.7. The van der Waals surface area contributed by atoms with E-state index in [1.54, 1.807) is 0 Å². The normalized spacial score (nSPS) is 15.9. The van der Waals surface area contributed by atoms with Gasteiger partial charge in [-0.05, 0) is 18.2 Å². The van der Waals surface area contributed by atoms with Crippen molar-refractivity contribution in [1.82, 2.24) is 9.21 Å². The number of piperazine rings is 1. The van der Waals surface area contributed by atoms with Crippen LogP contribution in [0.4, 0.5) is 13.2 Å². The summed E-state index contributed by atoms with van der Waals surface area (Å²) in [5.74, 6) is 0.0260. The summed E-state index contributed by atoms with van der Waals surface area (Å²) in [7, 11) is -2.81. The molecule has 1 aliphatic heterocycles. The molecule has 0 unspecified atom stereocenters. The molecule has 0 atom stereocenters. The minimum Gasteiger partial charge on any atom is -0.468 e. The summed E-state index contributed by atoms with van der Waals surface area (Å²) < 4.78 is 69.4. The highest BCUT2D eigenvalue weighted by atomic mass is 32.2. The first-order valence-electron chi connectivity index (χ1n) is 8.65. The van der Waals surface area contributed by atoms with Crippen LogP contribution in [0.2, 0.25) is 0 Å². The summed E-state index contributed by atoms with van der Waals surface area (Å²) in [6, 6.07) is 3.61. The van der Waals surface area contributed by atoms with E-state index in [-0.39, 0.29) is 50.2 Å². The van der Waals surface area contributed by atoms with Crippen LogP contribution in [0.1, 0.15) is 12.0 Å². The Labute approximate surface area is 171 Å². The van der Waals surface area contributed by atoms with Crippen molar-refractivity contribution in [3.05, 3.63) is 29.8 Å². The third-order valence-corrected chi connectivity index (χ3v) is 7.13. The zero-order valence-electron chi connectivity index (χ0n) is 15.6. The number of hydrogen-bond acceptors (Lipinski definition) is 6. The Morgan fingerprint density at radius 3 is 2.41 bits per heavy atom. The molecule has 0 aliphatic carbocycles. The van der Waals surface area contributed by atoms with Crippen LogP contribution in [0, 0.1) is 0 Å². The van der Waals surface area contributed by atoms with Gasteiger partial charge in [-0.2, -0.15) is 17.5 Å². The molecule has 1 fully saturated rings. The SMILES string of the molecule is COC(=O)CSCCC(=O)N1CCN(S(=O)(=O)c2cccc(C(F)(F)F)c2)CC1. The molecule has 1 aliphatic rings. The number of carbonyl (C=O) groups is 2. The molecule has 0 aromatic heterocycles. The van der Waals surface area contributed by atoms with Crippen molar-refractivity contribution in [2.45, 2.75) is 17.5 Å². The first-order valence-corrected chi connectivity index (χ1v) is 11.2. The van der Waals surface area contributed by atoms with Crippen LogP contribution >= 0.6 is 11.8 Å². The number of thioether (sulfide) groups is 1. The maximum atomic E-state index is 12.9. The Morgan fingerprint density at radius 2 is 1.83 bits per heavy atom. The third-order valence-electron chi connectivity index (χ3n) is 4.30. The summed E-state index contributed by atoms with van der Waals surface area (Å²) in [4.78, 5) is 24.3. The van der Waals surface area contributed by atoms with Gasteiger partial charge in [-0.1, -0.05) is 6.07 Å². The number of sulfonamides is 1.